The third-order valence-electron chi connectivity index (χ3n) is 4.46. The lowest BCUT2D eigenvalue weighted by atomic mass is 9.97. The molecule has 1 aliphatic heterocycles. The topological polar surface area (TPSA) is 38.8 Å². The first kappa shape index (κ1) is 16.8. The average Bonchev–Trinajstić information content (AvgIpc) is 2.51. The summed E-state index contributed by atoms with van der Waals surface area (Å²) in [5.41, 5.74) is 0.533. The third kappa shape index (κ3) is 4.23. The molecule has 1 saturated heterocycles. The molecule has 1 fully saturated rings. The number of nitrogens with zero attached hydrogens (tertiary/aromatic N) is 1. The van der Waals surface area contributed by atoms with Gasteiger partial charge in [-0.15, -0.1) is 0 Å². The third-order valence-corrected chi connectivity index (χ3v) is 4.46. The number of ether oxygens (including phenoxy) is 2. The van der Waals surface area contributed by atoms with Crippen molar-refractivity contribution < 1.29 is 14.3 Å². The second-order valence-electron chi connectivity index (χ2n) is 6.27. The number of hydrogen-bond acceptors (Lipinski definition) is 4. The predicted octanol–water partition coefficient (Wildman–Crippen LogP) is 3.50. The van der Waals surface area contributed by atoms with Crippen molar-refractivity contribution >= 4 is 5.97 Å². The van der Waals surface area contributed by atoms with Crippen LogP contribution in [0.1, 0.15) is 50.4 Å². The van der Waals surface area contributed by atoms with Gasteiger partial charge in [0.2, 0.25) is 0 Å². The summed E-state index contributed by atoms with van der Waals surface area (Å²) in [6.45, 7) is 7.27. The van der Waals surface area contributed by atoms with E-state index < -0.39 is 0 Å². The molecule has 4 heteroatoms. The zero-order valence-corrected chi connectivity index (χ0v) is 14.0. The number of carbonyl (C=O) groups is 1. The van der Waals surface area contributed by atoms with Gasteiger partial charge in [0, 0.05) is 18.6 Å². The van der Waals surface area contributed by atoms with E-state index in [0.717, 1.165) is 6.54 Å². The van der Waals surface area contributed by atoms with Crippen molar-refractivity contribution in [3.63, 3.8) is 0 Å². The Bertz CT molecular complexity index is 493. The molecular weight excluding hydrogens is 278 g/mol. The highest BCUT2D eigenvalue weighted by Crippen LogP contribution is 2.23. The molecule has 22 heavy (non-hydrogen) atoms. The summed E-state index contributed by atoms with van der Waals surface area (Å²) in [5, 5.41) is 0. The maximum absolute atomic E-state index is 12.2. The van der Waals surface area contributed by atoms with Crippen LogP contribution in [0.3, 0.4) is 0 Å². The van der Waals surface area contributed by atoms with Crippen LogP contribution in [-0.4, -0.2) is 42.7 Å². The molecule has 0 saturated carbocycles. The van der Waals surface area contributed by atoms with Gasteiger partial charge in [-0.1, -0.05) is 12.5 Å². The van der Waals surface area contributed by atoms with Gasteiger partial charge in [-0.05, 0) is 51.8 Å². The van der Waals surface area contributed by atoms with Crippen molar-refractivity contribution in [2.45, 2.75) is 58.2 Å². The van der Waals surface area contributed by atoms with Gasteiger partial charge in [-0.3, -0.25) is 4.90 Å². The summed E-state index contributed by atoms with van der Waals surface area (Å²) < 4.78 is 10.7. The van der Waals surface area contributed by atoms with Crippen molar-refractivity contribution in [3.8, 4) is 5.75 Å². The molecule has 0 radical (unpaired) electrons. The summed E-state index contributed by atoms with van der Waals surface area (Å²) in [7, 11) is 1.59. The minimum atomic E-state index is -0.288. The number of piperidine rings is 1. The lowest BCUT2D eigenvalue weighted by Crippen LogP contribution is -2.47. The van der Waals surface area contributed by atoms with Crippen LogP contribution in [0, 0.1) is 0 Å². The summed E-state index contributed by atoms with van der Waals surface area (Å²) in [6, 6.07) is 8.19. The maximum atomic E-state index is 12.2. The molecule has 2 rings (SSSR count). The van der Waals surface area contributed by atoms with Crippen LogP contribution in [-0.2, 0) is 4.74 Å². The van der Waals surface area contributed by atoms with Crippen LogP contribution in [0.2, 0.25) is 0 Å². The molecule has 0 bridgehead atoms. The van der Waals surface area contributed by atoms with Crippen molar-refractivity contribution in [1.82, 2.24) is 4.90 Å². The Morgan fingerprint density at radius 2 is 2.00 bits per heavy atom. The van der Waals surface area contributed by atoms with Crippen molar-refractivity contribution in [2.24, 2.45) is 0 Å². The van der Waals surface area contributed by atoms with Gasteiger partial charge < -0.3 is 9.47 Å². The fourth-order valence-electron chi connectivity index (χ4n) is 3.17. The second kappa shape index (κ2) is 7.63. The molecule has 0 N–H and O–H groups in total. The lowest BCUT2D eigenvalue weighted by Gasteiger charge is -2.40. The fraction of sp³-hybridized carbons (Fsp3) is 0.611. The first-order chi connectivity index (χ1) is 10.5. The largest absolute Gasteiger partial charge is 0.497 e. The Balaban J connectivity index is 1.93. The van der Waals surface area contributed by atoms with Crippen molar-refractivity contribution in [3.05, 3.63) is 29.8 Å². The maximum Gasteiger partial charge on any atom is 0.338 e. The molecule has 1 aliphatic rings. The molecule has 1 aromatic carbocycles. The Kier molecular flexibility index (Phi) is 5.83. The first-order valence-corrected chi connectivity index (χ1v) is 8.12. The van der Waals surface area contributed by atoms with E-state index in [1.54, 1.807) is 25.3 Å². The van der Waals surface area contributed by atoms with Crippen LogP contribution in [0.15, 0.2) is 24.3 Å². The normalized spacial score (nSPS) is 23.8. The Morgan fingerprint density at radius 1 is 1.32 bits per heavy atom. The van der Waals surface area contributed by atoms with Gasteiger partial charge in [-0.25, -0.2) is 4.79 Å². The van der Waals surface area contributed by atoms with Crippen LogP contribution < -0.4 is 4.74 Å². The SMILES string of the molecule is COc1cccc(C(=O)OC(C)CN2C(C)CCCC2C)c1. The second-order valence-corrected chi connectivity index (χ2v) is 6.27. The molecule has 3 atom stereocenters. The quantitative estimate of drug-likeness (QED) is 0.780. The van der Waals surface area contributed by atoms with Gasteiger partial charge in [0.15, 0.2) is 0 Å². The van der Waals surface area contributed by atoms with Crippen molar-refractivity contribution in [2.75, 3.05) is 13.7 Å². The molecule has 1 heterocycles. The number of rotatable bonds is 5. The smallest absolute Gasteiger partial charge is 0.338 e. The van der Waals surface area contributed by atoms with E-state index in [0.29, 0.717) is 23.4 Å². The first-order valence-electron chi connectivity index (χ1n) is 8.12. The fourth-order valence-corrected chi connectivity index (χ4v) is 3.17. The van der Waals surface area contributed by atoms with E-state index in [1.807, 2.05) is 13.0 Å². The van der Waals surface area contributed by atoms with E-state index in [9.17, 15) is 4.79 Å². The number of esters is 1. The summed E-state index contributed by atoms with van der Waals surface area (Å²) in [6.07, 6.45) is 3.61. The Morgan fingerprint density at radius 3 is 2.64 bits per heavy atom. The summed E-state index contributed by atoms with van der Waals surface area (Å²) in [4.78, 5) is 14.7. The molecule has 122 valence electrons. The lowest BCUT2D eigenvalue weighted by molar-refractivity contribution is 0.00809. The van der Waals surface area contributed by atoms with Crippen LogP contribution >= 0.6 is 0 Å². The number of methoxy groups -OCH3 is 1. The highest BCUT2D eigenvalue weighted by molar-refractivity contribution is 5.89. The summed E-state index contributed by atoms with van der Waals surface area (Å²) in [5.74, 6) is 0.379. The van der Waals surface area contributed by atoms with Gasteiger partial charge in [0.05, 0.1) is 12.7 Å². The van der Waals surface area contributed by atoms with Crippen LogP contribution in [0.25, 0.3) is 0 Å². The number of likely N-dealkylation sites (tertiary alicyclic amines) is 1. The van der Waals surface area contributed by atoms with Gasteiger partial charge >= 0.3 is 5.97 Å². The molecule has 1 aromatic rings. The minimum absolute atomic E-state index is 0.123. The van der Waals surface area contributed by atoms with Crippen LogP contribution in [0.5, 0.6) is 5.75 Å². The van der Waals surface area contributed by atoms with E-state index in [2.05, 4.69) is 18.7 Å². The van der Waals surface area contributed by atoms with Crippen molar-refractivity contribution in [1.29, 1.82) is 0 Å². The van der Waals surface area contributed by atoms with Gasteiger partial charge in [0.25, 0.3) is 0 Å². The predicted molar refractivity (Wildman–Crippen MR) is 87.4 cm³/mol. The van der Waals surface area contributed by atoms with E-state index in [-0.39, 0.29) is 12.1 Å². The molecule has 0 aromatic heterocycles. The Hall–Kier alpha value is -1.55. The van der Waals surface area contributed by atoms with Crippen LogP contribution in [0.4, 0.5) is 0 Å². The highest BCUT2D eigenvalue weighted by atomic mass is 16.5. The molecule has 0 aliphatic carbocycles. The van der Waals surface area contributed by atoms with E-state index >= 15 is 0 Å². The highest BCUT2D eigenvalue weighted by Gasteiger charge is 2.27. The number of carbonyl (C=O) groups excluding carboxylic acids is 1. The molecule has 3 unspecified atom stereocenters. The minimum Gasteiger partial charge on any atom is -0.497 e. The number of benzene rings is 1. The van der Waals surface area contributed by atoms with Gasteiger partial charge in [-0.2, -0.15) is 0 Å². The number of hydrogen-bond donors (Lipinski definition) is 0. The van der Waals surface area contributed by atoms with E-state index in [1.165, 1.54) is 19.3 Å². The molecule has 4 nitrogen and oxygen atoms in total. The van der Waals surface area contributed by atoms with Gasteiger partial charge in [0.1, 0.15) is 11.9 Å². The zero-order chi connectivity index (χ0) is 16.1. The monoisotopic (exact) mass is 305 g/mol. The average molecular weight is 305 g/mol. The standard InChI is InChI=1S/C18H27NO3/c1-13-7-5-8-14(2)19(13)12-15(3)22-18(20)16-9-6-10-17(11-16)21-4/h6,9-11,13-15H,5,7-8,12H2,1-4H3. The Labute approximate surface area is 133 Å². The van der Waals surface area contributed by atoms with E-state index in [4.69, 9.17) is 9.47 Å². The molecule has 0 spiro atoms. The molecular formula is C18H27NO3. The molecule has 0 amide bonds. The zero-order valence-electron chi connectivity index (χ0n) is 14.0. The summed E-state index contributed by atoms with van der Waals surface area (Å²) >= 11 is 0.